The van der Waals surface area contributed by atoms with Crippen molar-refractivity contribution in [2.24, 2.45) is 5.92 Å². The summed E-state index contributed by atoms with van der Waals surface area (Å²) in [7, 11) is 0. The van der Waals surface area contributed by atoms with Gasteiger partial charge in [0.05, 0.1) is 12.3 Å². The van der Waals surface area contributed by atoms with E-state index in [-0.39, 0.29) is 12.3 Å². The number of hydrogen-bond donors (Lipinski definition) is 3. The normalized spacial score (nSPS) is 12.9. The van der Waals surface area contributed by atoms with Crippen molar-refractivity contribution in [1.29, 1.82) is 0 Å². The largest absolute Gasteiger partial charge is 0.480 e. The van der Waals surface area contributed by atoms with E-state index in [1.165, 1.54) is 0 Å². The topological polar surface area (TPSA) is 95.5 Å². The maximum absolute atomic E-state index is 11.8. The van der Waals surface area contributed by atoms with E-state index in [1.54, 1.807) is 13.8 Å². The van der Waals surface area contributed by atoms with Crippen LogP contribution in [0, 0.1) is 5.92 Å². The van der Waals surface area contributed by atoms with E-state index in [0.717, 1.165) is 0 Å². The maximum atomic E-state index is 11.8. The number of amides is 2. The van der Waals surface area contributed by atoms with Crippen molar-refractivity contribution in [3.05, 3.63) is 0 Å². The standard InChI is InChI=1S/C11H17F3N2O4S/c1-6(2)3-7(10(19)20)16-8(17)4-15-9(18)5-21-11(12,13)14/h6-7H,3-5H2,1-2H3,(H,15,18)(H,16,17)(H,19,20)/t7-/m0/s1. The number of carboxylic acid groups (broad SMARTS) is 1. The number of rotatable bonds is 8. The van der Waals surface area contributed by atoms with Crippen LogP contribution in [0.25, 0.3) is 0 Å². The Kier molecular flexibility index (Phi) is 8.15. The van der Waals surface area contributed by atoms with Crippen LogP contribution >= 0.6 is 11.8 Å². The van der Waals surface area contributed by atoms with E-state index in [1.807, 2.05) is 5.32 Å². The first kappa shape index (κ1) is 19.6. The highest BCUT2D eigenvalue weighted by molar-refractivity contribution is 8.00. The lowest BCUT2D eigenvalue weighted by Gasteiger charge is -2.16. The molecule has 0 aromatic heterocycles. The quantitative estimate of drug-likeness (QED) is 0.616. The second-order valence-electron chi connectivity index (χ2n) is 4.60. The Morgan fingerprint density at radius 3 is 2.19 bits per heavy atom. The SMILES string of the molecule is CC(C)C[C@H](NC(=O)CNC(=O)CSC(F)(F)F)C(=O)O. The summed E-state index contributed by atoms with van der Waals surface area (Å²) in [6.45, 7) is 2.98. The van der Waals surface area contributed by atoms with E-state index >= 15 is 0 Å². The van der Waals surface area contributed by atoms with Crippen molar-refractivity contribution < 1.29 is 32.7 Å². The van der Waals surface area contributed by atoms with Gasteiger partial charge in [0, 0.05) is 0 Å². The summed E-state index contributed by atoms with van der Waals surface area (Å²) in [5.41, 5.74) is -4.52. The molecule has 21 heavy (non-hydrogen) atoms. The second kappa shape index (κ2) is 8.75. The first-order valence-electron chi connectivity index (χ1n) is 6.00. The highest BCUT2D eigenvalue weighted by Crippen LogP contribution is 2.29. The monoisotopic (exact) mass is 330 g/mol. The van der Waals surface area contributed by atoms with Gasteiger partial charge in [0.15, 0.2) is 0 Å². The molecule has 0 heterocycles. The van der Waals surface area contributed by atoms with Crippen LogP contribution < -0.4 is 10.6 Å². The Morgan fingerprint density at radius 2 is 1.76 bits per heavy atom. The molecule has 0 saturated heterocycles. The lowest BCUT2D eigenvalue weighted by molar-refractivity contribution is -0.142. The number of alkyl halides is 3. The van der Waals surface area contributed by atoms with Crippen LogP contribution in [-0.4, -0.2) is 46.7 Å². The summed E-state index contributed by atoms with van der Waals surface area (Å²) >= 11 is -0.517. The van der Waals surface area contributed by atoms with E-state index in [2.05, 4.69) is 5.32 Å². The van der Waals surface area contributed by atoms with Gasteiger partial charge in [-0.05, 0) is 24.1 Å². The van der Waals surface area contributed by atoms with Crippen molar-refractivity contribution in [2.75, 3.05) is 12.3 Å². The predicted molar refractivity (Wildman–Crippen MR) is 70.5 cm³/mol. The Bertz CT molecular complexity index is 388. The van der Waals surface area contributed by atoms with Gasteiger partial charge in [0.1, 0.15) is 6.04 Å². The summed E-state index contributed by atoms with van der Waals surface area (Å²) in [4.78, 5) is 33.4. The van der Waals surface area contributed by atoms with Crippen LogP contribution in [0.1, 0.15) is 20.3 Å². The molecular weight excluding hydrogens is 313 g/mol. The van der Waals surface area contributed by atoms with Crippen LogP contribution in [0.15, 0.2) is 0 Å². The average molecular weight is 330 g/mol. The Hall–Kier alpha value is -1.45. The lowest BCUT2D eigenvalue weighted by atomic mass is 10.0. The Balaban J connectivity index is 4.13. The predicted octanol–water partition coefficient (Wildman–Crippen LogP) is 0.971. The zero-order valence-electron chi connectivity index (χ0n) is 11.5. The first-order valence-corrected chi connectivity index (χ1v) is 6.99. The van der Waals surface area contributed by atoms with E-state index < -0.39 is 53.4 Å². The summed E-state index contributed by atoms with van der Waals surface area (Å²) in [6, 6.07) is -1.10. The molecule has 0 unspecified atom stereocenters. The molecule has 0 aromatic rings. The smallest absolute Gasteiger partial charge is 0.442 e. The molecule has 122 valence electrons. The van der Waals surface area contributed by atoms with Gasteiger partial charge in [-0.15, -0.1) is 0 Å². The zero-order chi connectivity index (χ0) is 16.6. The van der Waals surface area contributed by atoms with Gasteiger partial charge in [-0.2, -0.15) is 13.2 Å². The Morgan fingerprint density at radius 1 is 1.19 bits per heavy atom. The third-order valence-corrected chi connectivity index (χ3v) is 2.89. The van der Waals surface area contributed by atoms with Gasteiger partial charge in [0.2, 0.25) is 11.8 Å². The molecule has 0 fully saturated rings. The minimum Gasteiger partial charge on any atom is -0.480 e. The molecule has 6 nitrogen and oxygen atoms in total. The van der Waals surface area contributed by atoms with Crippen molar-refractivity contribution in [1.82, 2.24) is 10.6 Å². The molecule has 0 spiro atoms. The molecule has 0 bridgehead atoms. The number of carbonyl (C=O) groups excluding carboxylic acids is 2. The van der Waals surface area contributed by atoms with Crippen LogP contribution in [-0.2, 0) is 14.4 Å². The van der Waals surface area contributed by atoms with Crippen LogP contribution in [0.4, 0.5) is 13.2 Å². The maximum Gasteiger partial charge on any atom is 0.442 e. The third kappa shape index (κ3) is 10.9. The molecule has 0 aromatic carbocycles. The number of aliphatic carboxylic acids is 1. The highest BCUT2D eigenvalue weighted by atomic mass is 32.2. The second-order valence-corrected chi connectivity index (χ2v) is 5.64. The number of nitrogens with one attached hydrogen (secondary N) is 2. The first-order chi connectivity index (χ1) is 9.51. The van der Waals surface area contributed by atoms with Gasteiger partial charge < -0.3 is 15.7 Å². The number of halogens is 3. The van der Waals surface area contributed by atoms with Gasteiger partial charge >= 0.3 is 11.5 Å². The number of thioether (sulfide) groups is 1. The Labute approximate surface area is 123 Å². The van der Waals surface area contributed by atoms with Crippen molar-refractivity contribution in [3.63, 3.8) is 0 Å². The summed E-state index contributed by atoms with van der Waals surface area (Å²) in [5, 5.41) is 13.1. The summed E-state index contributed by atoms with van der Waals surface area (Å²) < 4.78 is 35.5. The molecule has 0 aliphatic carbocycles. The molecule has 0 saturated carbocycles. The molecule has 10 heteroatoms. The molecule has 0 aliphatic rings. The fraction of sp³-hybridized carbons (Fsp3) is 0.727. The van der Waals surface area contributed by atoms with Crippen LogP contribution in [0.3, 0.4) is 0 Å². The average Bonchev–Trinajstić information content (AvgIpc) is 2.31. The van der Waals surface area contributed by atoms with E-state index in [4.69, 9.17) is 5.11 Å². The summed E-state index contributed by atoms with van der Waals surface area (Å²) in [5.74, 6) is -3.76. The van der Waals surface area contributed by atoms with Crippen LogP contribution in [0.5, 0.6) is 0 Å². The molecule has 0 radical (unpaired) electrons. The van der Waals surface area contributed by atoms with Crippen molar-refractivity contribution in [2.45, 2.75) is 31.8 Å². The minimum absolute atomic E-state index is 0.0316. The minimum atomic E-state index is -4.52. The van der Waals surface area contributed by atoms with E-state index in [0.29, 0.717) is 0 Å². The molecule has 1 atom stereocenters. The molecule has 2 amide bonds. The van der Waals surface area contributed by atoms with Gasteiger partial charge in [-0.3, -0.25) is 9.59 Å². The van der Waals surface area contributed by atoms with Gasteiger partial charge in [0.25, 0.3) is 0 Å². The molecule has 3 N–H and O–H groups in total. The number of hydrogen-bond acceptors (Lipinski definition) is 4. The third-order valence-electron chi connectivity index (χ3n) is 2.15. The fourth-order valence-corrected chi connectivity index (χ4v) is 1.71. The molecule has 0 rings (SSSR count). The molecule has 0 aliphatic heterocycles. The number of carboxylic acids is 1. The zero-order valence-corrected chi connectivity index (χ0v) is 12.3. The van der Waals surface area contributed by atoms with Crippen molar-refractivity contribution >= 4 is 29.5 Å². The highest BCUT2D eigenvalue weighted by Gasteiger charge is 2.29. The van der Waals surface area contributed by atoms with Gasteiger partial charge in [-0.25, -0.2) is 4.79 Å². The summed E-state index contributed by atoms with van der Waals surface area (Å²) in [6.07, 6.45) is 0.207. The van der Waals surface area contributed by atoms with Crippen LogP contribution in [0.2, 0.25) is 0 Å². The number of carbonyl (C=O) groups is 3. The lowest BCUT2D eigenvalue weighted by Crippen LogP contribution is -2.46. The fourth-order valence-electron chi connectivity index (χ4n) is 1.32. The van der Waals surface area contributed by atoms with Crippen molar-refractivity contribution in [3.8, 4) is 0 Å². The van der Waals surface area contributed by atoms with E-state index in [9.17, 15) is 27.6 Å². The molecular formula is C11H17F3N2O4S. The van der Waals surface area contributed by atoms with Gasteiger partial charge in [-0.1, -0.05) is 13.8 Å².